The Labute approximate surface area is 440 Å². The second-order valence-electron chi connectivity index (χ2n) is 22.6. The zero-order valence-electron chi connectivity index (χ0n) is 44.3. The number of hydrogen-bond donors (Lipinski definition) is 2. The molecule has 1 saturated heterocycles. The van der Waals surface area contributed by atoms with Crippen LogP contribution in [0.5, 0.6) is 0 Å². The molecule has 394 valence electrons. The SMILES string of the molecule is C=C[C@]1(NC(=NCc2ccccc2[N+](=O)[O-])NC(=O)OCc2ccccc2)[C@H]2[C@H](CN3C(=O)c4cccn4[C@@H]4N(C(=O)OCc5ccccc5)C(SC)=N[C@@]243)[C@@H](CO[Si](C)(C)C(C)(C)C)[C@@H]1O[Si](C)(C)C(C)(C)C. The molecule has 4 aromatic rings. The number of nitrogens with zero attached hydrogens (tertiary/aromatic N) is 6. The van der Waals surface area contributed by atoms with Gasteiger partial charge in [-0.25, -0.2) is 24.5 Å². The van der Waals surface area contributed by atoms with Crippen molar-refractivity contribution < 1.29 is 37.6 Å². The molecule has 1 saturated carbocycles. The molecule has 2 fully saturated rings. The van der Waals surface area contributed by atoms with E-state index in [4.69, 9.17) is 28.3 Å². The number of nitrogens with one attached hydrogen (secondary N) is 2. The first-order valence-corrected chi connectivity index (χ1v) is 32.1. The third-order valence-electron chi connectivity index (χ3n) is 16.2. The second-order valence-corrected chi connectivity index (χ2v) is 32.9. The lowest BCUT2D eigenvalue weighted by molar-refractivity contribution is -0.385. The van der Waals surface area contributed by atoms with Crippen LogP contribution in [0.1, 0.15) is 74.9 Å². The van der Waals surface area contributed by atoms with E-state index in [2.05, 4.69) is 84.9 Å². The number of fused-ring (bicyclic) bond motifs is 3. The largest absolute Gasteiger partial charge is 0.444 e. The quantitative estimate of drug-likeness (QED) is 0.0305. The van der Waals surface area contributed by atoms with Gasteiger partial charge in [0.05, 0.1) is 28.7 Å². The molecule has 0 unspecified atom stereocenters. The van der Waals surface area contributed by atoms with Crippen molar-refractivity contribution in [3.05, 3.63) is 148 Å². The first kappa shape index (κ1) is 54.2. The molecule has 3 aromatic carbocycles. The highest BCUT2D eigenvalue weighted by atomic mass is 32.2. The zero-order chi connectivity index (χ0) is 53.6. The molecule has 1 aliphatic carbocycles. The number of alkyl carbamates (subject to hydrolysis) is 1. The number of thioether (sulfide) groups is 1. The van der Waals surface area contributed by atoms with Crippen LogP contribution in [0.4, 0.5) is 15.3 Å². The van der Waals surface area contributed by atoms with Crippen molar-refractivity contribution in [1.82, 2.24) is 25.0 Å². The highest BCUT2D eigenvalue weighted by molar-refractivity contribution is 8.13. The standard InChI is InChI=1S/C54H70N8O9SSi2/c1-13-53(57-47(55-31-38-27-20-21-28-41(38)62(66)67)56-49(64)68-33-36-23-16-14-17-24-36)43-39(40(35-70-73(9,10)51(2,3)4)44(53)71-74(11,12)52(5,6)7)32-60-45(63)42-29-22-30-59(42)46-54(43,60)58-48(72-8)61(46)50(65)69-34-37-25-18-15-19-26-37/h13-30,39-40,43-44,46H,1,31-35H2,2-12H3,(H2,55,56,57,64)/t39-,40-,43-,44+,46-,53+,54-/m1/s1. The molecule has 17 nitrogen and oxygen atoms in total. The highest BCUT2D eigenvalue weighted by Crippen LogP contribution is 2.65. The fraction of sp³-hybridized carbons (Fsp3) is 0.463. The summed E-state index contributed by atoms with van der Waals surface area (Å²) >= 11 is 1.27. The molecule has 1 spiro atoms. The summed E-state index contributed by atoms with van der Waals surface area (Å²) in [7, 11) is -5.29. The van der Waals surface area contributed by atoms with Crippen molar-refractivity contribution in [3.63, 3.8) is 0 Å². The third-order valence-corrected chi connectivity index (χ3v) is 25.8. The lowest BCUT2D eigenvalue weighted by Crippen LogP contribution is -2.70. The normalized spacial score (nSPS) is 24.6. The Kier molecular flexibility index (Phi) is 15.1. The minimum atomic E-state index is -2.80. The van der Waals surface area contributed by atoms with Gasteiger partial charge in [-0.05, 0) is 71.7 Å². The molecule has 7 atom stereocenters. The van der Waals surface area contributed by atoms with Gasteiger partial charge in [0.1, 0.15) is 18.9 Å². The summed E-state index contributed by atoms with van der Waals surface area (Å²) in [6.45, 7) is 26.6. The summed E-state index contributed by atoms with van der Waals surface area (Å²) in [5.41, 5.74) is -0.990. The molecule has 2 N–H and O–H groups in total. The van der Waals surface area contributed by atoms with Crippen LogP contribution < -0.4 is 10.6 Å². The number of guanidine groups is 1. The van der Waals surface area contributed by atoms with Crippen LogP contribution in [0, 0.1) is 27.9 Å². The van der Waals surface area contributed by atoms with Crippen LogP contribution >= 0.6 is 11.8 Å². The number of rotatable bonds is 14. The van der Waals surface area contributed by atoms with Crippen molar-refractivity contribution in [2.24, 2.45) is 27.7 Å². The number of benzene rings is 3. The molecule has 0 radical (unpaired) electrons. The molecule has 8 rings (SSSR count). The summed E-state index contributed by atoms with van der Waals surface area (Å²) < 4.78 is 28.8. The summed E-state index contributed by atoms with van der Waals surface area (Å²) in [4.78, 5) is 70.3. The van der Waals surface area contributed by atoms with E-state index in [1.807, 2.05) is 71.5 Å². The molecule has 4 heterocycles. The summed E-state index contributed by atoms with van der Waals surface area (Å²) in [6.07, 6.45) is 2.15. The van der Waals surface area contributed by atoms with Gasteiger partial charge >= 0.3 is 12.2 Å². The molecule has 3 amide bonds. The Hall–Kier alpha value is -6.07. The van der Waals surface area contributed by atoms with Crippen molar-refractivity contribution in [3.8, 4) is 0 Å². The van der Waals surface area contributed by atoms with Crippen LogP contribution in [0.25, 0.3) is 0 Å². The Balaban J connectivity index is 1.35. The monoisotopic (exact) mass is 1060 g/mol. The third kappa shape index (κ3) is 9.86. The number of nitro groups is 1. The number of para-hydroxylation sites is 1. The van der Waals surface area contributed by atoms with E-state index in [1.54, 1.807) is 52.4 Å². The topological polar surface area (TPSA) is 191 Å². The van der Waals surface area contributed by atoms with Gasteiger partial charge in [0.15, 0.2) is 33.6 Å². The van der Waals surface area contributed by atoms with Gasteiger partial charge in [0.25, 0.3) is 11.6 Å². The fourth-order valence-corrected chi connectivity index (χ4v) is 13.4. The van der Waals surface area contributed by atoms with Crippen LogP contribution in [0.3, 0.4) is 0 Å². The molecule has 0 bridgehead atoms. The lowest BCUT2D eigenvalue weighted by atomic mass is 9.74. The van der Waals surface area contributed by atoms with Crippen LogP contribution in [0.15, 0.2) is 126 Å². The van der Waals surface area contributed by atoms with Gasteiger partial charge in [0.2, 0.25) is 5.96 Å². The Bertz CT molecular complexity index is 2830. The van der Waals surface area contributed by atoms with Crippen molar-refractivity contribution in [2.45, 2.75) is 121 Å². The predicted molar refractivity (Wildman–Crippen MR) is 292 cm³/mol. The molecule has 20 heteroatoms. The fourth-order valence-electron chi connectivity index (χ4n) is 10.4. The number of hydrogen-bond acceptors (Lipinski definition) is 12. The highest BCUT2D eigenvalue weighted by Gasteiger charge is 2.79. The van der Waals surface area contributed by atoms with Gasteiger partial charge < -0.3 is 33.1 Å². The van der Waals surface area contributed by atoms with E-state index < -0.39 is 75.0 Å². The Morgan fingerprint density at radius 3 is 2.11 bits per heavy atom. The maximum Gasteiger partial charge on any atom is 0.418 e. The molecule has 74 heavy (non-hydrogen) atoms. The number of carbonyl (C=O) groups excluding carboxylic acids is 3. The summed E-state index contributed by atoms with van der Waals surface area (Å²) in [6, 6.07) is 28.5. The van der Waals surface area contributed by atoms with Gasteiger partial charge in [-0.3, -0.25) is 20.2 Å². The van der Waals surface area contributed by atoms with Gasteiger partial charge in [0, 0.05) is 37.3 Å². The minimum Gasteiger partial charge on any atom is -0.444 e. The zero-order valence-corrected chi connectivity index (χ0v) is 47.1. The number of amidine groups is 1. The van der Waals surface area contributed by atoms with Gasteiger partial charge in [-0.15, -0.1) is 6.58 Å². The van der Waals surface area contributed by atoms with Gasteiger partial charge in [-0.2, -0.15) is 0 Å². The van der Waals surface area contributed by atoms with E-state index in [0.717, 1.165) is 11.1 Å². The van der Waals surface area contributed by atoms with Crippen molar-refractivity contribution in [2.75, 3.05) is 19.4 Å². The number of ether oxygens (including phenoxy) is 2. The minimum absolute atomic E-state index is 0.0102. The molecule has 1 aromatic heterocycles. The maximum atomic E-state index is 15.4. The van der Waals surface area contributed by atoms with Crippen LogP contribution in [0.2, 0.25) is 36.3 Å². The molecule has 3 aliphatic heterocycles. The van der Waals surface area contributed by atoms with E-state index in [-0.39, 0.29) is 60.5 Å². The van der Waals surface area contributed by atoms with Crippen molar-refractivity contribution in [1.29, 1.82) is 0 Å². The lowest BCUT2D eigenvalue weighted by Gasteiger charge is -2.53. The predicted octanol–water partition coefficient (Wildman–Crippen LogP) is 10.7. The average molecular weight is 1060 g/mol. The van der Waals surface area contributed by atoms with E-state index in [9.17, 15) is 19.7 Å². The number of amides is 3. The number of carbonyl (C=O) groups is 3. The molecular weight excluding hydrogens is 993 g/mol. The maximum absolute atomic E-state index is 15.4. The number of nitro benzene ring substituents is 1. The van der Waals surface area contributed by atoms with E-state index in [0.29, 0.717) is 16.4 Å². The van der Waals surface area contributed by atoms with E-state index >= 15 is 4.79 Å². The van der Waals surface area contributed by atoms with Crippen molar-refractivity contribution >= 4 is 63.3 Å². The van der Waals surface area contributed by atoms with Crippen LogP contribution in [-0.2, 0) is 38.1 Å². The first-order chi connectivity index (χ1) is 34.9. The van der Waals surface area contributed by atoms with Gasteiger partial charge in [-0.1, -0.05) is 138 Å². The van der Waals surface area contributed by atoms with E-state index in [1.165, 1.54) is 17.8 Å². The summed E-state index contributed by atoms with van der Waals surface area (Å²) in [5, 5.41) is 18.8. The van der Waals surface area contributed by atoms with Crippen LogP contribution in [-0.4, -0.2) is 102 Å². The molecule has 4 aliphatic rings. The second kappa shape index (κ2) is 20.6. The molecular formula is C54H70N8O9SSi2. The number of aromatic nitrogens is 1. The Morgan fingerprint density at radius 2 is 1.51 bits per heavy atom. The Morgan fingerprint density at radius 1 is 0.905 bits per heavy atom. The average Bonchev–Trinajstić information content (AvgIpc) is 4.12. The summed E-state index contributed by atoms with van der Waals surface area (Å²) in [5.74, 6) is -2.04. The first-order valence-electron chi connectivity index (χ1n) is 25.0. The number of aliphatic imine (C=N–C) groups is 2. The smallest absolute Gasteiger partial charge is 0.418 e.